The number of carbonyl (C=O) groups excluding carboxylic acids is 1. The van der Waals surface area contributed by atoms with Crippen molar-refractivity contribution in [3.8, 4) is 5.88 Å². The van der Waals surface area contributed by atoms with Crippen molar-refractivity contribution >= 4 is 11.4 Å². The number of aromatic nitrogens is 2. The molecule has 4 heteroatoms. The van der Waals surface area contributed by atoms with Crippen LogP contribution in [-0.2, 0) is 11.2 Å². The summed E-state index contributed by atoms with van der Waals surface area (Å²) >= 11 is 0. The Hall–Kier alpha value is -1.71. The van der Waals surface area contributed by atoms with Crippen LogP contribution in [0.25, 0.3) is 5.57 Å². The van der Waals surface area contributed by atoms with Crippen molar-refractivity contribution in [1.82, 2.24) is 9.97 Å². The minimum atomic E-state index is 0.162. The summed E-state index contributed by atoms with van der Waals surface area (Å²) in [4.78, 5) is 19.8. The summed E-state index contributed by atoms with van der Waals surface area (Å²) in [7, 11) is 1.58. The maximum atomic E-state index is 11.1. The number of allylic oxidation sites excluding steroid dienone is 2. The number of hydrogen-bond donors (Lipinski definition) is 0. The molecule has 0 fully saturated rings. The van der Waals surface area contributed by atoms with Crippen LogP contribution >= 0.6 is 0 Å². The van der Waals surface area contributed by atoms with Gasteiger partial charge in [0.05, 0.1) is 19.0 Å². The van der Waals surface area contributed by atoms with E-state index in [9.17, 15) is 4.79 Å². The molecule has 1 aliphatic rings. The molecule has 0 amide bonds. The van der Waals surface area contributed by atoms with E-state index < -0.39 is 0 Å². The Morgan fingerprint density at radius 2 is 2.25 bits per heavy atom. The minimum absolute atomic E-state index is 0.162. The molecule has 0 aromatic carbocycles. The van der Waals surface area contributed by atoms with Gasteiger partial charge in [-0.2, -0.15) is 0 Å². The molecule has 1 aromatic rings. The number of rotatable bonds is 3. The van der Waals surface area contributed by atoms with Crippen molar-refractivity contribution in [2.45, 2.75) is 26.2 Å². The number of methoxy groups -OCH3 is 1. The van der Waals surface area contributed by atoms with Crippen LogP contribution in [0.3, 0.4) is 0 Å². The van der Waals surface area contributed by atoms with E-state index in [-0.39, 0.29) is 5.78 Å². The summed E-state index contributed by atoms with van der Waals surface area (Å²) < 4.78 is 5.18. The zero-order chi connectivity index (χ0) is 11.5. The maximum absolute atomic E-state index is 11.1. The molecule has 0 bridgehead atoms. The van der Waals surface area contributed by atoms with Crippen molar-refractivity contribution in [2.75, 3.05) is 7.11 Å². The first-order valence-corrected chi connectivity index (χ1v) is 5.38. The van der Waals surface area contributed by atoms with Gasteiger partial charge in [0, 0.05) is 6.42 Å². The Morgan fingerprint density at radius 1 is 1.44 bits per heavy atom. The molecular weight excluding hydrogens is 204 g/mol. The molecule has 1 aliphatic carbocycles. The summed E-state index contributed by atoms with van der Waals surface area (Å²) in [6.07, 6.45) is 5.48. The first kappa shape index (κ1) is 10.8. The average molecular weight is 218 g/mol. The predicted molar refractivity (Wildman–Crippen MR) is 60.2 cm³/mol. The van der Waals surface area contributed by atoms with Crippen LogP contribution < -0.4 is 4.74 Å². The summed E-state index contributed by atoms with van der Waals surface area (Å²) in [5, 5.41) is 0. The largest absolute Gasteiger partial charge is 0.480 e. The highest BCUT2D eigenvalue weighted by Crippen LogP contribution is 2.26. The number of nitrogens with zero attached hydrogens (tertiary/aromatic N) is 2. The van der Waals surface area contributed by atoms with E-state index in [0.29, 0.717) is 12.3 Å². The van der Waals surface area contributed by atoms with Crippen molar-refractivity contribution < 1.29 is 9.53 Å². The lowest BCUT2D eigenvalue weighted by Gasteiger charge is -2.07. The van der Waals surface area contributed by atoms with Crippen LogP contribution in [0.15, 0.2) is 12.3 Å². The van der Waals surface area contributed by atoms with Crippen molar-refractivity contribution in [1.29, 1.82) is 0 Å². The topological polar surface area (TPSA) is 52.1 Å². The van der Waals surface area contributed by atoms with Crippen LogP contribution in [0.5, 0.6) is 5.88 Å². The number of aryl methyl sites for hydroxylation is 1. The molecule has 0 aliphatic heterocycles. The fourth-order valence-corrected chi connectivity index (χ4v) is 1.76. The molecule has 0 atom stereocenters. The molecule has 2 rings (SSSR count). The third kappa shape index (κ3) is 1.96. The van der Waals surface area contributed by atoms with Gasteiger partial charge in [0.1, 0.15) is 5.69 Å². The third-order valence-corrected chi connectivity index (χ3v) is 2.64. The molecule has 0 spiro atoms. The van der Waals surface area contributed by atoms with Gasteiger partial charge in [-0.25, -0.2) is 4.98 Å². The minimum Gasteiger partial charge on any atom is -0.480 e. The van der Waals surface area contributed by atoms with Crippen LogP contribution in [-0.4, -0.2) is 22.9 Å². The van der Waals surface area contributed by atoms with Crippen LogP contribution in [0, 0.1) is 0 Å². The zero-order valence-corrected chi connectivity index (χ0v) is 9.49. The fourth-order valence-electron chi connectivity index (χ4n) is 1.76. The highest BCUT2D eigenvalue weighted by atomic mass is 16.5. The monoisotopic (exact) mass is 218 g/mol. The summed E-state index contributed by atoms with van der Waals surface area (Å²) in [6, 6.07) is 0. The first-order valence-electron chi connectivity index (χ1n) is 5.38. The van der Waals surface area contributed by atoms with Gasteiger partial charge in [-0.3, -0.25) is 9.78 Å². The SMILES string of the molecule is CCc1ncc(C2=CC(=O)CC2)nc1OC. The van der Waals surface area contributed by atoms with E-state index >= 15 is 0 Å². The molecular formula is C12H14N2O2. The van der Waals surface area contributed by atoms with Gasteiger partial charge in [-0.1, -0.05) is 6.92 Å². The Kier molecular flexibility index (Phi) is 2.99. The van der Waals surface area contributed by atoms with E-state index in [1.54, 1.807) is 19.4 Å². The highest BCUT2D eigenvalue weighted by molar-refractivity contribution is 6.01. The number of ether oxygens (including phenoxy) is 1. The maximum Gasteiger partial charge on any atom is 0.235 e. The van der Waals surface area contributed by atoms with Gasteiger partial charge < -0.3 is 4.74 Å². The second-order valence-corrected chi connectivity index (χ2v) is 3.70. The van der Waals surface area contributed by atoms with Gasteiger partial charge >= 0.3 is 0 Å². The number of carbonyl (C=O) groups is 1. The van der Waals surface area contributed by atoms with Crippen LogP contribution in [0.2, 0.25) is 0 Å². The zero-order valence-electron chi connectivity index (χ0n) is 9.49. The second kappa shape index (κ2) is 4.43. The summed E-state index contributed by atoms with van der Waals surface area (Å²) in [5.41, 5.74) is 2.55. The summed E-state index contributed by atoms with van der Waals surface area (Å²) in [5.74, 6) is 0.718. The van der Waals surface area contributed by atoms with E-state index in [1.165, 1.54) is 0 Å². The highest BCUT2D eigenvalue weighted by Gasteiger charge is 2.16. The molecule has 1 aromatic heterocycles. The van der Waals surface area contributed by atoms with Crippen LogP contribution in [0.4, 0.5) is 0 Å². The van der Waals surface area contributed by atoms with Crippen molar-refractivity contribution in [3.63, 3.8) is 0 Å². The number of hydrogen-bond acceptors (Lipinski definition) is 4. The molecule has 0 N–H and O–H groups in total. The van der Waals surface area contributed by atoms with Gasteiger partial charge in [-0.05, 0) is 24.5 Å². The van der Waals surface area contributed by atoms with Gasteiger partial charge in [0.25, 0.3) is 0 Å². The predicted octanol–water partition coefficient (Wildman–Crippen LogP) is 1.79. The lowest BCUT2D eigenvalue weighted by Crippen LogP contribution is -2.00. The Labute approximate surface area is 94.4 Å². The smallest absolute Gasteiger partial charge is 0.235 e. The van der Waals surface area contributed by atoms with Gasteiger partial charge in [-0.15, -0.1) is 0 Å². The van der Waals surface area contributed by atoms with Gasteiger partial charge in [0.2, 0.25) is 5.88 Å². The van der Waals surface area contributed by atoms with Crippen molar-refractivity contribution in [2.24, 2.45) is 0 Å². The molecule has 16 heavy (non-hydrogen) atoms. The molecule has 0 saturated carbocycles. The standard InChI is InChI=1S/C12H14N2O2/c1-3-10-12(16-2)14-11(7-13-10)8-4-5-9(15)6-8/h6-7H,3-5H2,1-2H3. The Morgan fingerprint density at radius 3 is 2.81 bits per heavy atom. The number of ketones is 1. The summed E-state index contributed by atoms with van der Waals surface area (Å²) in [6.45, 7) is 2.00. The fraction of sp³-hybridized carbons (Fsp3) is 0.417. The molecule has 4 nitrogen and oxygen atoms in total. The second-order valence-electron chi connectivity index (χ2n) is 3.70. The Bertz CT molecular complexity index is 452. The quantitative estimate of drug-likeness (QED) is 0.776. The van der Waals surface area contributed by atoms with E-state index in [0.717, 1.165) is 29.8 Å². The van der Waals surface area contributed by atoms with Gasteiger partial charge in [0.15, 0.2) is 5.78 Å². The average Bonchev–Trinajstić information content (AvgIpc) is 2.75. The molecule has 0 unspecified atom stereocenters. The molecule has 1 heterocycles. The normalized spacial score (nSPS) is 15.1. The van der Waals surface area contributed by atoms with E-state index in [4.69, 9.17) is 4.74 Å². The van der Waals surface area contributed by atoms with E-state index in [2.05, 4.69) is 9.97 Å². The molecule has 0 saturated heterocycles. The van der Waals surface area contributed by atoms with Crippen LogP contribution in [0.1, 0.15) is 31.2 Å². The molecule has 84 valence electrons. The Balaban J connectivity index is 2.36. The molecule has 0 radical (unpaired) electrons. The first-order chi connectivity index (χ1) is 7.74. The van der Waals surface area contributed by atoms with E-state index in [1.807, 2.05) is 6.92 Å². The lowest BCUT2D eigenvalue weighted by atomic mass is 10.2. The lowest BCUT2D eigenvalue weighted by molar-refractivity contribution is -0.114. The third-order valence-electron chi connectivity index (χ3n) is 2.64. The van der Waals surface area contributed by atoms with Crippen molar-refractivity contribution in [3.05, 3.63) is 23.7 Å².